The van der Waals surface area contributed by atoms with Crippen molar-refractivity contribution >= 4 is 33.5 Å². The van der Waals surface area contributed by atoms with E-state index in [1.807, 2.05) is 10.0 Å². The molecule has 0 saturated heterocycles. The number of sulfonamides is 1. The second-order valence-electron chi connectivity index (χ2n) is 5.83. The summed E-state index contributed by atoms with van der Waals surface area (Å²) in [5, 5.41) is 11.3. The Hall–Kier alpha value is -3.74. The van der Waals surface area contributed by atoms with Crippen LogP contribution >= 0.6 is 0 Å². The van der Waals surface area contributed by atoms with Gasteiger partial charge in [-0.2, -0.15) is 8.78 Å². The van der Waals surface area contributed by atoms with E-state index in [2.05, 4.69) is 4.74 Å². The van der Waals surface area contributed by atoms with Gasteiger partial charge in [0, 0.05) is 12.1 Å². The topological polar surface area (TPSA) is 148 Å². The number of fused-ring (bicyclic) bond motifs is 1. The number of carboxylic acids is 1. The third kappa shape index (κ3) is 3.87. The van der Waals surface area contributed by atoms with Crippen LogP contribution in [0.5, 0.6) is 11.5 Å². The van der Waals surface area contributed by atoms with Crippen molar-refractivity contribution < 1.29 is 46.2 Å². The van der Waals surface area contributed by atoms with Crippen LogP contribution in [0.1, 0.15) is 31.1 Å². The second-order valence-corrected chi connectivity index (χ2v) is 7.51. The lowest BCUT2D eigenvalue weighted by molar-refractivity contribution is -0.0511. The molecule has 0 aromatic heterocycles. The zero-order chi connectivity index (χ0) is 22.2. The summed E-state index contributed by atoms with van der Waals surface area (Å²) in [6.45, 7) is -3.29. The van der Waals surface area contributed by atoms with Crippen LogP contribution in [0.3, 0.4) is 0 Å². The fourth-order valence-corrected chi connectivity index (χ4v) is 3.78. The van der Waals surface area contributed by atoms with Crippen LogP contribution in [0.25, 0.3) is 0 Å². The Morgan fingerprint density at radius 1 is 1.10 bits per heavy atom. The molecule has 0 atom stereocenters. The van der Waals surface area contributed by atoms with Gasteiger partial charge in [-0.3, -0.25) is 19.6 Å². The molecule has 3 N–H and O–H groups in total. The number of hydrogen-bond acceptors (Lipinski definition) is 7. The molecule has 1 heterocycles. The summed E-state index contributed by atoms with van der Waals surface area (Å²) in [5.74, 6) is -4.02. The van der Waals surface area contributed by atoms with E-state index >= 15 is 0 Å². The fourth-order valence-electron chi connectivity index (χ4n) is 2.69. The molecule has 2 aromatic carbocycles. The van der Waals surface area contributed by atoms with E-state index in [9.17, 15) is 36.7 Å². The Balaban J connectivity index is 2.06. The molecular weight excluding hydrogens is 430 g/mol. The number of carbonyl (C=O) groups is 3. The number of rotatable bonds is 7. The number of halogens is 2. The highest BCUT2D eigenvalue weighted by Gasteiger charge is 2.29. The highest BCUT2D eigenvalue weighted by molar-refractivity contribution is 7.92. The maximum Gasteiger partial charge on any atom is 0.387 e. The number of methoxy groups -OCH3 is 1. The summed E-state index contributed by atoms with van der Waals surface area (Å²) in [6.07, 6.45) is 0. The highest BCUT2D eigenvalue weighted by atomic mass is 32.2. The summed E-state index contributed by atoms with van der Waals surface area (Å²) < 4.78 is 61.7. The summed E-state index contributed by atoms with van der Waals surface area (Å²) in [6, 6.07) is 4.61. The molecule has 0 bridgehead atoms. The number of aromatic carboxylic acids is 1. The molecule has 0 aliphatic carbocycles. The normalized spacial score (nSPS) is 13.1. The number of amides is 2. The number of hydrogen-bond donors (Lipinski definition) is 3. The zero-order valence-electron chi connectivity index (χ0n) is 14.9. The Kier molecular flexibility index (Phi) is 5.31. The lowest BCUT2D eigenvalue weighted by atomic mass is 10.1. The van der Waals surface area contributed by atoms with Gasteiger partial charge in [0.1, 0.15) is 0 Å². The number of benzene rings is 2. The molecule has 0 radical (unpaired) electrons. The van der Waals surface area contributed by atoms with Crippen LogP contribution in [-0.4, -0.2) is 45.0 Å². The monoisotopic (exact) mass is 442 g/mol. The van der Waals surface area contributed by atoms with Gasteiger partial charge in [0.2, 0.25) is 0 Å². The lowest BCUT2D eigenvalue weighted by Crippen LogP contribution is -2.20. The third-order valence-electron chi connectivity index (χ3n) is 4.01. The van der Waals surface area contributed by atoms with Gasteiger partial charge in [-0.15, -0.1) is 0 Å². The lowest BCUT2D eigenvalue weighted by Gasteiger charge is -2.15. The molecule has 2 aromatic rings. The molecule has 1 aliphatic rings. The van der Waals surface area contributed by atoms with Crippen molar-refractivity contribution in [3.05, 3.63) is 47.0 Å². The molecular formula is C17H12F2N2O8S. The molecule has 0 spiro atoms. The van der Waals surface area contributed by atoms with Gasteiger partial charge in [-0.05, 0) is 18.2 Å². The number of alkyl halides is 2. The molecule has 10 nitrogen and oxygen atoms in total. The minimum absolute atomic E-state index is 0.0257. The summed E-state index contributed by atoms with van der Waals surface area (Å²) >= 11 is 0. The molecule has 158 valence electrons. The van der Waals surface area contributed by atoms with Crippen LogP contribution in [0.2, 0.25) is 0 Å². The zero-order valence-corrected chi connectivity index (χ0v) is 15.7. The minimum atomic E-state index is -4.49. The van der Waals surface area contributed by atoms with Crippen LogP contribution in [0.15, 0.2) is 35.2 Å². The van der Waals surface area contributed by atoms with Crippen molar-refractivity contribution in [3.63, 3.8) is 0 Å². The van der Waals surface area contributed by atoms with Gasteiger partial charge in [-0.25, -0.2) is 13.2 Å². The molecule has 0 saturated carbocycles. The van der Waals surface area contributed by atoms with Gasteiger partial charge in [0.25, 0.3) is 21.8 Å². The Morgan fingerprint density at radius 3 is 2.37 bits per heavy atom. The van der Waals surface area contributed by atoms with Gasteiger partial charge >= 0.3 is 12.6 Å². The van der Waals surface area contributed by atoms with E-state index in [4.69, 9.17) is 4.74 Å². The first kappa shape index (κ1) is 21.0. The standard InChI is InChI=1S/C17H12F2N2O8S/c1-28-12-5-10(16(24)25)11(6-13(12)29-17(18)19)21-30(26,27)7-2-3-8-9(4-7)15(23)20-14(8)22/h2-6,17,21H,1H3,(H,24,25)(H,20,22,23). The van der Waals surface area contributed by atoms with Gasteiger partial charge in [-0.1, -0.05) is 0 Å². The first-order chi connectivity index (χ1) is 14.0. The molecule has 0 unspecified atom stereocenters. The van der Waals surface area contributed by atoms with Crippen LogP contribution < -0.4 is 19.5 Å². The molecule has 3 rings (SSSR count). The average Bonchev–Trinajstić information content (AvgIpc) is 2.94. The molecule has 2 amide bonds. The third-order valence-corrected chi connectivity index (χ3v) is 5.38. The molecule has 1 aliphatic heterocycles. The van der Waals surface area contributed by atoms with E-state index in [1.165, 1.54) is 0 Å². The maximum atomic E-state index is 12.7. The molecule has 13 heteroatoms. The van der Waals surface area contributed by atoms with Crippen LogP contribution in [-0.2, 0) is 10.0 Å². The Morgan fingerprint density at radius 2 is 1.77 bits per heavy atom. The molecule has 0 fully saturated rings. The van der Waals surface area contributed by atoms with Crippen molar-refractivity contribution in [2.24, 2.45) is 0 Å². The van der Waals surface area contributed by atoms with Gasteiger partial charge in [0.15, 0.2) is 11.5 Å². The van der Waals surface area contributed by atoms with Crippen LogP contribution in [0, 0.1) is 0 Å². The van der Waals surface area contributed by atoms with Crippen molar-refractivity contribution in [2.45, 2.75) is 11.5 Å². The Labute approximate surface area is 167 Å². The van der Waals surface area contributed by atoms with E-state index in [0.717, 1.165) is 37.4 Å². The van der Waals surface area contributed by atoms with E-state index < -0.39 is 56.3 Å². The van der Waals surface area contributed by atoms with E-state index in [0.29, 0.717) is 0 Å². The van der Waals surface area contributed by atoms with Crippen molar-refractivity contribution in [3.8, 4) is 11.5 Å². The largest absolute Gasteiger partial charge is 0.493 e. The average molecular weight is 442 g/mol. The van der Waals surface area contributed by atoms with Crippen molar-refractivity contribution in [1.29, 1.82) is 0 Å². The highest BCUT2D eigenvalue weighted by Crippen LogP contribution is 2.36. The summed E-state index contributed by atoms with van der Waals surface area (Å²) in [5.41, 5.74) is -1.40. The quantitative estimate of drug-likeness (QED) is 0.549. The van der Waals surface area contributed by atoms with Gasteiger partial charge in [0.05, 0.1) is 34.4 Å². The van der Waals surface area contributed by atoms with Crippen molar-refractivity contribution in [1.82, 2.24) is 5.32 Å². The Bertz CT molecular complexity index is 1180. The minimum Gasteiger partial charge on any atom is -0.493 e. The number of ether oxygens (including phenoxy) is 2. The predicted octanol–water partition coefficient (Wildman–Crippen LogP) is 1.68. The number of anilines is 1. The summed E-state index contributed by atoms with van der Waals surface area (Å²) in [4.78, 5) is 34.4. The first-order valence-corrected chi connectivity index (χ1v) is 9.44. The number of nitrogens with one attached hydrogen (secondary N) is 2. The number of imide groups is 1. The van der Waals surface area contributed by atoms with E-state index in [1.54, 1.807) is 0 Å². The predicted molar refractivity (Wildman–Crippen MR) is 95.6 cm³/mol. The second kappa shape index (κ2) is 7.59. The number of carboxylic acid groups (broad SMARTS) is 1. The van der Waals surface area contributed by atoms with Crippen molar-refractivity contribution in [2.75, 3.05) is 11.8 Å². The fraction of sp³-hybridized carbons (Fsp3) is 0.118. The first-order valence-electron chi connectivity index (χ1n) is 7.96. The van der Waals surface area contributed by atoms with Crippen LogP contribution in [0.4, 0.5) is 14.5 Å². The number of carbonyl (C=O) groups excluding carboxylic acids is 2. The molecule has 30 heavy (non-hydrogen) atoms. The maximum absolute atomic E-state index is 12.7. The van der Waals surface area contributed by atoms with Gasteiger partial charge < -0.3 is 14.6 Å². The van der Waals surface area contributed by atoms with E-state index in [-0.39, 0.29) is 16.9 Å². The smallest absolute Gasteiger partial charge is 0.387 e. The SMILES string of the molecule is COc1cc(C(=O)O)c(NS(=O)(=O)c2ccc3c(c2)C(=O)NC3=O)cc1OC(F)F. The summed E-state index contributed by atoms with van der Waals surface area (Å²) in [7, 11) is -3.40.